The predicted molar refractivity (Wildman–Crippen MR) is 99.4 cm³/mol. The normalized spacial score (nSPS) is 16.3. The maximum atomic E-state index is 12.9. The minimum atomic E-state index is -0.0755. The molecule has 2 N–H and O–H groups in total. The van der Waals surface area contributed by atoms with Crippen LogP contribution in [0.4, 0.5) is 0 Å². The molecule has 5 nitrogen and oxygen atoms in total. The number of nitrogens with one attached hydrogen (secondary N) is 1. The minimum absolute atomic E-state index is 0.0626. The zero-order valence-corrected chi connectivity index (χ0v) is 15.3. The first-order chi connectivity index (χ1) is 12.1. The fraction of sp³-hybridized carbons (Fsp3) is 0.550. The number of fused-ring (bicyclic) bond motifs is 1. The van der Waals surface area contributed by atoms with Gasteiger partial charge in [-0.3, -0.25) is 4.79 Å². The van der Waals surface area contributed by atoms with Crippen LogP contribution in [0.1, 0.15) is 61.1 Å². The average Bonchev–Trinajstić information content (AvgIpc) is 3.19. The van der Waals surface area contributed by atoms with Crippen LogP contribution >= 0.6 is 0 Å². The van der Waals surface area contributed by atoms with Crippen molar-refractivity contribution in [1.29, 1.82) is 0 Å². The molecule has 1 amide bonds. The van der Waals surface area contributed by atoms with Crippen LogP contribution in [0.15, 0.2) is 18.2 Å². The van der Waals surface area contributed by atoms with E-state index in [1.807, 2.05) is 26.0 Å². The average molecular weight is 344 g/mol. The summed E-state index contributed by atoms with van der Waals surface area (Å²) in [6.07, 6.45) is 5.37. The lowest BCUT2D eigenvalue weighted by molar-refractivity contribution is 0.0935. The molecule has 1 heterocycles. The van der Waals surface area contributed by atoms with E-state index < -0.39 is 0 Å². The Balaban J connectivity index is 2.09. The highest BCUT2D eigenvalue weighted by Gasteiger charge is 2.26. The lowest BCUT2D eigenvalue weighted by Gasteiger charge is -2.17. The first kappa shape index (κ1) is 17.8. The Morgan fingerprint density at radius 2 is 2.12 bits per heavy atom. The van der Waals surface area contributed by atoms with Gasteiger partial charge in [-0.2, -0.15) is 0 Å². The summed E-state index contributed by atoms with van der Waals surface area (Å²) in [7, 11) is 1.64. The molecule has 0 bridgehead atoms. The number of carbonyl (C=O) groups is 1. The van der Waals surface area contributed by atoms with E-state index in [4.69, 9.17) is 9.84 Å². The van der Waals surface area contributed by atoms with Gasteiger partial charge in [0.1, 0.15) is 5.75 Å². The van der Waals surface area contributed by atoms with Crippen molar-refractivity contribution >= 4 is 16.8 Å². The smallest absolute Gasteiger partial charge is 0.253 e. The zero-order valence-electron chi connectivity index (χ0n) is 15.3. The third kappa shape index (κ3) is 3.38. The van der Waals surface area contributed by atoms with Crippen LogP contribution in [0.5, 0.6) is 5.75 Å². The minimum Gasteiger partial charge on any atom is -0.497 e. The van der Waals surface area contributed by atoms with E-state index in [0.29, 0.717) is 12.5 Å². The van der Waals surface area contributed by atoms with Crippen LogP contribution in [-0.2, 0) is 0 Å². The third-order valence-electron chi connectivity index (χ3n) is 5.31. The van der Waals surface area contributed by atoms with Crippen LogP contribution in [0.2, 0.25) is 0 Å². The summed E-state index contributed by atoms with van der Waals surface area (Å²) in [5.74, 6) is 0.682. The summed E-state index contributed by atoms with van der Waals surface area (Å²) >= 11 is 0. The Kier molecular flexibility index (Phi) is 5.33. The van der Waals surface area contributed by atoms with Crippen molar-refractivity contribution in [2.75, 3.05) is 13.7 Å². The van der Waals surface area contributed by atoms with Crippen LogP contribution in [0.25, 0.3) is 10.9 Å². The van der Waals surface area contributed by atoms with Crippen molar-refractivity contribution in [3.05, 3.63) is 29.5 Å². The van der Waals surface area contributed by atoms with E-state index in [1.54, 1.807) is 7.11 Å². The van der Waals surface area contributed by atoms with Crippen molar-refractivity contribution in [3.8, 4) is 5.75 Å². The number of aromatic nitrogens is 1. The monoisotopic (exact) mass is 344 g/mol. The summed E-state index contributed by atoms with van der Waals surface area (Å²) in [6, 6.07) is 6.38. The molecule has 0 saturated heterocycles. The van der Waals surface area contributed by atoms with E-state index >= 15 is 0 Å². The maximum Gasteiger partial charge on any atom is 0.253 e. The number of amides is 1. The molecule has 1 fully saturated rings. The molecule has 1 aliphatic carbocycles. The van der Waals surface area contributed by atoms with Crippen LogP contribution < -0.4 is 10.1 Å². The van der Waals surface area contributed by atoms with Gasteiger partial charge in [0.25, 0.3) is 5.91 Å². The molecule has 0 aliphatic heterocycles. The number of aliphatic hydroxyl groups is 1. The van der Waals surface area contributed by atoms with Crippen molar-refractivity contribution in [2.24, 2.45) is 0 Å². The molecule has 2 aromatic rings. The number of rotatable bonds is 6. The van der Waals surface area contributed by atoms with E-state index in [9.17, 15) is 4.79 Å². The van der Waals surface area contributed by atoms with Crippen LogP contribution in [0.3, 0.4) is 0 Å². The van der Waals surface area contributed by atoms with Crippen molar-refractivity contribution in [1.82, 2.24) is 9.88 Å². The number of carbonyl (C=O) groups excluding carboxylic acids is 1. The molecule has 0 spiro atoms. The fourth-order valence-electron chi connectivity index (χ4n) is 4.03. The number of hydrogen-bond donors (Lipinski definition) is 2. The molecule has 1 atom stereocenters. The van der Waals surface area contributed by atoms with Gasteiger partial charge in [-0.25, -0.2) is 0 Å². The molecular weight excluding hydrogens is 316 g/mol. The molecule has 3 rings (SSSR count). The fourth-order valence-corrected chi connectivity index (χ4v) is 4.03. The largest absolute Gasteiger partial charge is 0.497 e. The number of nitrogens with zero attached hydrogens (tertiary/aromatic N) is 1. The summed E-state index contributed by atoms with van der Waals surface area (Å²) in [5, 5.41) is 13.1. The van der Waals surface area contributed by atoms with Crippen LogP contribution in [0, 0.1) is 6.92 Å². The molecule has 0 radical (unpaired) electrons. The first-order valence-corrected chi connectivity index (χ1v) is 9.17. The Hall–Kier alpha value is -2.01. The van der Waals surface area contributed by atoms with E-state index in [1.165, 1.54) is 25.7 Å². The number of methoxy groups -OCH3 is 1. The van der Waals surface area contributed by atoms with Gasteiger partial charge >= 0.3 is 0 Å². The van der Waals surface area contributed by atoms with Crippen LogP contribution in [-0.4, -0.2) is 35.3 Å². The van der Waals surface area contributed by atoms with E-state index in [2.05, 4.69) is 16.0 Å². The summed E-state index contributed by atoms with van der Waals surface area (Å²) in [4.78, 5) is 12.9. The highest BCUT2D eigenvalue weighted by molar-refractivity contribution is 6.09. The van der Waals surface area contributed by atoms with Gasteiger partial charge in [-0.1, -0.05) is 12.8 Å². The molecule has 0 unspecified atom stereocenters. The Labute approximate surface area is 149 Å². The quantitative estimate of drug-likeness (QED) is 0.842. The van der Waals surface area contributed by atoms with Gasteiger partial charge in [0.2, 0.25) is 0 Å². The van der Waals surface area contributed by atoms with Gasteiger partial charge in [0.05, 0.1) is 12.7 Å². The highest BCUT2D eigenvalue weighted by Crippen LogP contribution is 2.38. The van der Waals surface area contributed by atoms with Gasteiger partial charge in [-0.05, 0) is 51.3 Å². The van der Waals surface area contributed by atoms with E-state index in [0.717, 1.165) is 27.9 Å². The predicted octanol–water partition coefficient (Wildman–Crippen LogP) is 3.57. The van der Waals surface area contributed by atoms with Gasteiger partial charge in [0, 0.05) is 35.3 Å². The molecule has 5 heteroatoms. The van der Waals surface area contributed by atoms with Crippen molar-refractivity contribution in [2.45, 2.75) is 58.0 Å². The molecule has 1 aromatic carbocycles. The highest BCUT2D eigenvalue weighted by atomic mass is 16.5. The number of aliphatic hydroxyl groups excluding tert-OH is 1. The molecular formula is C20H28N2O3. The molecule has 136 valence electrons. The molecule has 1 aliphatic rings. The molecule has 1 saturated carbocycles. The molecule has 25 heavy (non-hydrogen) atoms. The summed E-state index contributed by atoms with van der Waals surface area (Å²) in [6.45, 7) is 4.02. The number of benzene rings is 1. The second-order valence-corrected chi connectivity index (χ2v) is 7.04. The topological polar surface area (TPSA) is 63.5 Å². The number of ether oxygens (including phenoxy) is 1. The Morgan fingerprint density at radius 3 is 2.76 bits per heavy atom. The van der Waals surface area contributed by atoms with E-state index in [-0.39, 0.29) is 18.6 Å². The third-order valence-corrected chi connectivity index (χ3v) is 5.31. The maximum absolute atomic E-state index is 12.9. The summed E-state index contributed by atoms with van der Waals surface area (Å²) < 4.78 is 7.72. The standard InChI is InChI=1S/C20H28N2O3/c1-13(10-11-23)21-20(24)19-14(2)22(15-6-4-5-7-15)18-9-8-16(25-3)12-17(18)19/h8-9,12-13,15,23H,4-7,10-11H2,1-3H3,(H,21,24)/t13-/m1/s1. The Morgan fingerprint density at radius 1 is 1.40 bits per heavy atom. The van der Waals surface area contributed by atoms with Crippen molar-refractivity contribution < 1.29 is 14.6 Å². The lowest BCUT2D eigenvalue weighted by Crippen LogP contribution is -2.33. The zero-order chi connectivity index (χ0) is 18.0. The van der Waals surface area contributed by atoms with Gasteiger partial charge in [-0.15, -0.1) is 0 Å². The Bertz CT molecular complexity index is 760. The second-order valence-electron chi connectivity index (χ2n) is 7.04. The van der Waals surface area contributed by atoms with Crippen molar-refractivity contribution in [3.63, 3.8) is 0 Å². The van der Waals surface area contributed by atoms with Gasteiger partial charge < -0.3 is 19.7 Å². The first-order valence-electron chi connectivity index (χ1n) is 9.17. The SMILES string of the molecule is COc1ccc2c(c1)c(C(=O)N[C@H](C)CCO)c(C)n2C1CCCC1. The second kappa shape index (κ2) is 7.48. The van der Waals surface area contributed by atoms with Gasteiger partial charge in [0.15, 0.2) is 0 Å². The summed E-state index contributed by atoms with van der Waals surface area (Å²) in [5.41, 5.74) is 2.85. The lowest BCUT2D eigenvalue weighted by atomic mass is 10.1. The number of hydrogen-bond acceptors (Lipinski definition) is 3. The molecule has 1 aromatic heterocycles.